The number of nitrogens with one attached hydrogen (secondary N) is 1. The molecule has 1 aliphatic carbocycles. The Hall–Kier alpha value is -1.03. The highest BCUT2D eigenvalue weighted by Gasteiger charge is 2.20. The van der Waals surface area contributed by atoms with Gasteiger partial charge in [-0.25, -0.2) is 13.2 Å². The Kier molecular flexibility index (Phi) is 3.49. The summed E-state index contributed by atoms with van der Waals surface area (Å²) in [5.41, 5.74) is 0.176. The second kappa shape index (κ2) is 4.87. The molecule has 0 aromatic heterocycles. The normalized spacial score (nSPS) is 15.4. The van der Waals surface area contributed by atoms with Gasteiger partial charge in [0.15, 0.2) is 11.6 Å². The fourth-order valence-electron chi connectivity index (χ4n) is 1.63. The molecule has 1 fully saturated rings. The quantitative estimate of drug-likeness (QED) is 0.604. The highest BCUT2D eigenvalue weighted by Crippen LogP contribution is 2.31. The topological polar surface area (TPSA) is 12.0 Å². The van der Waals surface area contributed by atoms with Gasteiger partial charge in [-0.15, -0.1) is 0 Å². The summed E-state index contributed by atoms with van der Waals surface area (Å²) in [4.78, 5) is 0. The lowest BCUT2D eigenvalue weighted by atomic mass is 10.2. The molecule has 0 amide bonds. The summed E-state index contributed by atoms with van der Waals surface area (Å²) >= 11 is 0. The van der Waals surface area contributed by atoms with Crippen molar-refractivity contribution in [2.24, 2.45) is 5.92 Å². The molecule has 1 aromatic rings. The summed E-state index contributed by atoms with van der Waals surface area (Å²) in [6, 6.07) is 1.50. The van der Waals surface area contributed by atoms with Crippen molar-refractivity contribution in [1.82, 2.24) is 5.32 Å². The molecule has 0 radical (unpaired) electrons. The smallest absolute Gasteiger partial charge is 0.161 e. The van der Waals surface area contributed by atoms with Crippen LogP contribution in [-0.4, -0.2) is 6.54 Å². The molecule has 88 valence electrons. The third-order valence-electron chi connectivity index (χ3n) is 2.83. The molecule has 0 spiro atoms. The Morgan fingerprint density at radius 3 is 2.44 bits per heavy atom. The summed E-state index contributed by atoms with van der Waals surface area (Å²) in [6.45, 7) is 1.04. The second-order valence-electron chi connectivity index (χ2n) is 4.27. The van der Waals surface area contributed by atoms with E-state index in [0.29, 0.717) is 6.07 Å². The zero-order valence-electron chi connectivity index (χ0n) is 8.90. The molecular formula is C12H14F3N. The van der Waals surface area contributed by atoms with E-state index in [1.165, 1.54) is 12.8 Å². The van der Waals surface area contributed by atoms with E-state index in [-0.39, 0.29) is 12.1 Å². The van der Waals surface area contributed by atoms with Gasteiger partial charge in [0.1, 0.15) is 5.82 Å². The maximum Gasteiger partial charge on any atom is 0.161 e. The molecule has 0 bridgehead atoms. The minimum atomic E-state index is -1.14. The number of rotatable bonds is 5. The maximum absolute atomic E-state index is 13.2. The molecule has 0 unspecified atom stereocenters. The van der Waals surface area contributed by atoms with E-state index in [4.69, 9.17) is 0 Å². The van der Waals surface area contributed by atoms with E-state index in [9.17, 15) is 13.2 Å². The number of halogens is 3. The van der Waals surface area contributed by atoms with Crippen LogP contribution in [0.3, 0.4) is 0 Å². The van der Waals surface area contributed by atoms with E-state index in [2.05, 4.69) is 5.32 Å². The monoisotopic (exact) mass is 229 g/mol. The van der Waals surface area contributed by atoms with Crippen LogP contribution in [-0.2, 0) is 6.54 Å². The molecule has 2 rings (SSSR count). The molecule has 16 heavy (non-hydrogen) atoms. The summed E-state index contributed by atoms with van der Waals surface area (Å²) in [6.07, 6.45) is 3.63. The third kappa shape index (κ3) is 2.98. The second-order valence-corrected chi connectivity index (χ2v) is 4.27. The zero-order valence-corrected chi connectivity index (χ0v) is 8.90. The largest absolute Gasteiger partial charge is 0.313 e. The van der Waals surface area contributed by atoms with Crippen LogP contribution in [0.2, 0.25) is 0 Å². The van der Waals surface area contributed by atoms with Crippen LogP contribution in [0.15, 0.2) is 12.1 Å². The molecule has 1 aliphatic rings. The number of benzene rings is 1. The third-order valence-corrected chi connectivity index (χ3v) is 2.83. The van der Waals surface area contributed by atoms with E-state index >= 15 is 0 Å². The first kappa shape index (κ1) is 11.5. The highest BCUT2D eigenvalue weighted by molar-refractivity contribution is 5.19. The summed E-state index contributed by atoms with van der Waals surface area (Å²) in [5.74, 6) is -2.03. The van der Waals surface area contributed by atoms with E-state index in [0.717, 1.165) is 24.9 Å². The van der Waals surface area contributed by atoms with Crippen LogP contribution in [0.4, 0.5) is 13.2 Å². The van der Waals surface area contributed by atoms with Crippen molar-refractivity contribution >= 4 is 0 Å². The van der Waals surface area contributed by atoms with Gasteiger partial charge in [0.05, 0.1) is 0 Å². The lowest BCUT2D eigenvalue weighted by Crippen LogP contribution is -2.16. The van der Waals surface area contributed by atoms with Crippen LogP contribution in [0, 0.1) is 23.4 Å². The molecule has 0 atom stereocenters. The molecule has 0 heterocycles. The minimum absolute atomic E-state index is 0.176. The van der Waals surface area contributed by atoms with Crippen LogP contribution in [0.5, 0.6) is 0 Å². The molecule has 0 saturated heterocycles. The average Bonchev–Trinajstić information content (AvgIpc) is 3.04. The minimum Gasteiger partial charge on any atom is -0.313 e. The highest BCUT2D eigenvalue weighted by atomic mass is 19.2. The van der Waals surface area contributed by atoms with Gasteiger partial charge in [-0.3, -0.25) is 0 Å². The van der Waals surface area contributed by atoms with Crippen molar-refractivity contribution in [3.05, 3.63) is 35.1 Å². The van der Waals surface area contributed by atoms with E-state index in [1.807, 2.05) is 0 Å². The van der Waals surface area contributed by atoms with Crippen molar-refractivity contribution in [3.8, 4) is 0 Å². The van der Waals surface area contributed by atoms with Crippen molar-refractivity contribution in [1.29, 1.82) is 0 Å². The number of hydrogen-bond donors (Lipinski definition) is 1. The molecule has 1 nitrogen and oxygen atoms in total. The number of hydrogen-bond acceptors (Lipinski definition) is 1. The summed E-state index contributed by atoms with van der Waals surface area (Å²) in [5, 5.41) is 3.03. The fraction of sp³-hybridized carbons (Fsp3) is 0.500. The van der Waals surface area contributed by atoms with Gasteiger partial charge in [-0.2, -0.15) is 0 Å². The maximum atomic E-state index is 13.2. The van der Waals surface area contributed by atoms with Gasteiger partial charge in [0, 0.05) is 18.2 Å². The van der Waals surface area contributed by atoms with Gasteiger partial charge in [0.25, 0.3) is 0 Å². The van der Waals surface area contributed by atoms with Crippen molar-refractivity contribution < 1.29 is 13.2 Å². The molecule has 0 aliphatic heterocycles. The van der Waals surface area contributed by atoms with Gasteiger partial charge in [-0.1, -0.05) is 12.8 Å². The summed E-state index contributed by atoms with van der Waals surface area (Å²) < 4.78 is 38.6. The first-order chi connectivity index (χ1) is 7.66. The van der Waals surface area contributed by atoms with Crippen molar-refractivity contribution in [2.75, 3.05) is 6.54 Å². The van der Waals surface area contributed by atoms with Crippen molar-refractivity contribution in [3.63, 3.8) is 0 Å². The van der Waals surface area contributed by atoms with Gasteiger partial charge in [0.2, 0.25) is 0 Å². The molecular weight excluding hydrogens is 215 g/mol. The SMILES string of the molecule is Fc1cc(F)c(CNCCC2CC2)cc1F. The van der Waals surface area contributed by atoms with Gasteiger partial charge < -0.3 is 5.32 Å². The molecule has 4 heteroatoms. The lowest BCUT2D eigenvalue weighted by Gasteiger charge is -2.06. The Labute approximate surface area is 92.7 Å². The van der Waals surface area contributed by atoms with Gasteiger partial charge in [-0.05, 0) is 24.9 Å². The van der Waals surface area contributed by atoms with Crippen LogP contribution in [0.25, 0.3) is 0 Å². The first-order valence-electron chi connectivity index (χ1n) is 5.51. The van der Waals surface area contributed by atoms with Crippen LogP contribution < -0.4 is 5.32 Å². The predicted octanol–water partition coefficient (Wildman–Crippen LogP) is 2.99. The Balaban J connectivity index is 1.85. The Morgan fingerprint density at radius 1 is 1.06 bits per heavy atom. The van der Waals surface area contributed by atoms with Crippen LogP contribution in [0.1, 0.15) is 24.8 Å². The predicted molar refractivity (Wildman–Crippen MR) is 55.4 cm³/mol. The Morgan fingerprint density at radius 2 is 1.75 bits per heavy atom. The van der Waals surface area contributed by atoms with Crippen LogP contribution >= 0.6 is 0 Å². The Bertz CT molecular complexity index is 375. The first-order valence-corrected chi connectivity index (χ1v) is 5.51. The molecule has 1 N–H and O–H groups in total. The fourth-order valence-corrected chi connectivity index (χ4v) is 1.63. The zero-order chi connectivity index (χ0) is 11.5. The van der Waals surface area contributed by atoms with E-state index < -0.39 is 17.5 Å². The lowest BCUT2D eigenvalue weighted by molar-refractivity contribution is 0.486. The molecule has 1 saturated carbocycles. The molecule has 1 aromatic carbocycles. The van der Waals surface area contributed by atoms with E-state index in [1.54, 1.807) is 0 Å². The van der Waals surface area contributed by atoms with Crippen molar-refractivity contribution in [2.45, 2.75) is 25.8 Å². The average molecular weight is 229 g/mol. The van der Waals surface area contributed by atoms with Gasteiger partial charge >= 0.3 is 0 Å². The standard InChI is InChI=1S/C12H14F3N/c13-10-6-12(15)11(14)5-9(10)7-16-4-3-8-1-2-8/h5-6,8,16H,1-4,7H2. The summed E-state index contributed by atoms with van der Waals surface area (Å²) in [7, 11) is 0.